The minimum Gasteiger partial charge on any atom is -0.497 e. The summed E-state index contributed by atoms with van der Waals surface area (Å²) in [6, 6.07) is 18.5. The van der Waals surface area contributed by atoms with E-state index in [2.05, 4.69) is 10.2 Å². The standard InChI is InChI=1S/C22H19N3O4S/c1-27-16-10-11-19(28-2)17(13-16)18(26)14-30-22-24-23-21(20-9-6-12-29-20)25(22)15-7-4-3-5-8-15/h3-13H,14H2,1-2H3. The zero-order valence-electron chi connectivity index (χ0n) is 16.4. The van der Waals surface area contributed by atoms with Crippen LogP contribution in [0.25, 0.3) is 17.3 Å². The molecular formula is C22H19N3O4S. The predicted molar refractivity (Wildman–Crippen MR) is 114 cm³/mol. The maximum absolute atomic E-state index is 12.9. The van der Waals surface area contributed by atoms with Crippen molar-refractivity contribution in [1.29, 1.82) is 0 Å². The number of rotatable bonds is 8. The lowest BCUT2D eigenvalue weighted by Crippen LogP contribution is -2.07. The van der Waals surface area contributed by atoms with Gasteiger partial charge in [-0.25, -0.2) is 0 Å². The van der Waals surface area contributed by atoms with Gasteiger partial charge in [-0.2, -0.15) is 0 Å². The van der Waals surface area contributed by atoms with Crippen LogP contribution in [0.4, 0.5) is 0 Å². The molecule has 0 aliphatic heterocycles. The lowest BCUT2D eigenvalue weighted by Gasteiger charge is -2.11. The van der Waals surface area contributed by atoms with Crippen molar-refractivity contribution in [2.45, 2.75) is 5.16 Å². The highest BCUT2D eigenvalue weighted by atomic mass is 32.2. The summed E-state index contributed by atoms with van der Waals surface area (Å²) in [5.74, 6) is 2.32. The van der Waals surface area contributed by atoms with Crippen molar-refractivity contribution in [3.05, 3.63) is 72.5 Å². The molecule has 0 aliphatic rings. The van der Waals surface area contributed by atoms with E-state index in [1.165, 1.54) is 18.9 Å². The first kappa shape index (κ1) is 19.8. The van der Waals surface area contributed by atoms with Crippen molar-refractivity contribution in [2.75, 3.05) is 20.0 Å². The van der Waals surface area contributed by atoms with Gasteiger partial charge in [0, 0.05) is 5.69 Å². The second kappa shape index (κ2) is 8.87. The Morgan fingerprint density at radius 1 is 1.03 bits per heavy atom. The molecule has 2 aromatic heterocycles. The molecule has 0 aliphatic carbocycles. The number of para-hydroxylation sites is 1. The van der Waals surface area contributed by atoms with Gasteiger partial charge < -0.3 is 13.9 Å². The number of aromatic nitrogens is 3. The molecule has 7 nitrogen and oxygen atoms in total. The number of ketones is 1. The molecule has 0 spiro atoms. The van der Waals surface area contributed by atoms with E-state index in [9.17, 15) is 4.79 Å². The largest absolute Gasteiger partial charge is 0.497 e. The van der Waals surface area contributed by atoms with Crippen LogP contribution in [0.1, 0.15) is 10.4 Å². The number of benzene rings is 2. The molecule has 0 radical (unpaired) electrons. The third kappa shape index (κ3) is 3.95. The Morgan fingerprint density at radius 3 is 2.57 bits per heavy atom. The third-order valence-corrected chi connectivity index (χ3v) is 5.36. The topological polar surface area (TPSA) is 79.4 Å². The minimum absolute atomic E-state index is 0.0992. The third-order valence-electron chi connectivity index (χ3n) is 4.43. The number of Topliss-reactive ketones (excluding diaryl/α,β-unsaturated/α-hetero) is 1. The van der Waals surface area contributed by atoms with E-state index < -0.39 is 0 Å². The Kier molecular flexibility index (Phi) is 5.85. The van der Waals surface area contributed by atoms with Gasteiger partial charge in [-0.1, -0.05) is 30.0 Å². The smallest absolute Gasteiger partial charge is 0.205 e. The summed E-state index contributed by atoms with van der Waals surface area (Å²) in [7, 11) is 3.09. The number of thioether (sulfide) groups is 1. The van der Waals surface area contributed by atoms with E-state index >= 15 is 0 Å². The fourth-order valence-electron chi connectivity index (χ4n) is 2.98. The van der Waals surface area contributed by atoms with Crippen molar-refractivity contribution in [2.24, 2.45) is 0 Å². The average molecular weight is 421 g/mol. The normalized spacial score (nSPS) is 10.7. The maximum atomic E-state index is 12.9. The number of hydrogen-bond acceptors (Lipinski definition) is 7. The first-order valence-corrected chi connectivity index (χ1v) is 10.1. The summed E-state index contributed by atoms with van der Waals surface area (Å²) < 4.78 is 18.0. The molecule has 152 valence electrons. The molecule has 0 fully saturated rings. The molecule has 2 heterocycles. The highest BCUT2D eigenvalue weighted by Gasteiger charge is 2.20. The lowest BCUT2D eigenvalue weighted by atomic mass is 10.1. The summed E-state index contributed by atoms with van der Waals surface area (Å²) >= 11 is 1.30. The molecule has 0 amide bonds. The molecule has 0 saturated carbocycles. The Bertz CT molecular complexity index is 1140. The summed E-state index contributed by atoms with van der Waals surface area (Å²) in [6.07, 6.45) is 1.59. The van der Waals surface area contributed by atoms with Crippen LogP contribution >= 0.6 is 11.8 Å². The van der Waals surface area contributed by atoms with E-state index in [0.29, 0.717) is 33.8 Å². The first-order valence-electron chi connectivity index (χ1n) is 9.14. The molecular weight excluding hydrogens is 402 g/mol. The van der Waals surface area contributed by atoms with Crippen LogP contribution in [0.3, 0.4) is 0 Å². The SMILES string of the molecule is COc1ccc(OC)c(C(=O)CSc2nnc(-c3ccco3)n2-c2ccccc2)c1. The van der Waals surface area contributed by atoms with Crippen LogP contribution in [-0.4, -0.2) is 40.5 Å². The lowest BCUT2D eigenvalue weighted by molar-refractivity contribution is 0.101. The number of hydrogen-bond donors (Lipinski definition) is 0. The van der Waals surface area contributed by atoms with Gasteiger partial charge in [0.2, 0.25) is 5.82 Å². The van der Waals surface area contributed by atoms with Crippen LogP contribution in [0, 0.1) is 0 Å². The van der Waals surface area contributed by atoms with Crippen molar-refractivity contribution in [3.63, 3.8) is 0 Å². The average Bonchev–Trinajstić information content (AvgIpc) is 3.47. The van der Waals surface area contributed by atoms with Crippen LogP contribution in [0.15, 0.2) is 76.5 Å². The molecule has 0 saturated heterocycles. The van der Waals surface area contributed by atoms with Gasteiger partial charge in [0.1, 0.15) is 11.5 Å². The first-order chi connectivity index (χ1) is 14.7. The van der Waals surface area contributed by atoms with Crippen LogP contribution < -0.4 is 9.47 Å². The highest BCUT2D eigenvalue weighted by molar-refractivity contribution is 7.99. The number of ether oxygens (including phenoxy) is 2. The summed E-state index contributed by atoms with van der Waals surface area (Å²) in [5.41, 5.74) is 1.34. The van der Waals surface area contributed by atoms with Crippen molar-refractivity contribution >= 4 is 17.5 Å². The monoisotopic (exact) mass is 421 g/mol. The van der Waals surface area contributed by atoms with E-state index in [0.717, 1.165) is 5.69 Å². The minimum atomic E-state index is -0.0992. The predicted octanol–water partition coefficient (Wildman–Crippen LogP) is 4.52. The van der Waals surface area contributed by atoms with Crippen molar-refractivity contribution in [3.8, 4) is 28.8 Å². The summed E-state index contributed by atoms with van der Waals surface area (Å²) in [4.78, 5) is 12.9. The Hall–Kier alpha value is -3.52. The van der Waals surface area contributed by atoms with Crippen LogP contribution in [0.5, 0.6) is 11.5 Å². The molecule has 0 unspecified atom stereocenters. The Morgan fingerprint density at radius 2 is 1.87 bits per heavy atom. The number of nitrogens with zero attached hydrogens (tertiary/aromatic N) is 3. The molecule has 0 N–H and O–H groups in total. The van der Waals surface area contributed by atoms with Crippen molar-refractivity contribution in [1.82, 2.24) is 14.8 Å². The summed E-state index contributed by atoms with van der Waals surface area (Å²) in [5, 5.41) is 9.17. The fraction of sp³-hybridized carbons (Fsp3) is 0.136. The van der Waals surface area contributed by atoms with E-state index in [-0.39, 0.29) is 11.5 Å². The van der Waals surface area contributed by atoms with E-state index in [1.54, 1.807) is 37.6 Å². The molecule has 2 aromatic carbocycles. The number of carbonyl (C=O) groups is 1. The molecule has 8 heteroatoms. The zero-order valence-corrected chi connectivity index (χ0v) is 17.3. The van der Waals surface area contributed by atoms with Crippen molar-refractivity contribution < 1.29 is 18.7 Å². The molecule has 4 aromatic rings. The zero-order chi connectivity index (χ0) is 20.9. The second-order valence-corrected chi connectivity index (χ2v) is 7.18. The molecule has 30 heavy (non-hydrogen) atoms. The van der Waals surface area contributed by atoms with Gasteiger partial charge in [0.05, 0.1) is 31.8 Å². The van der Waals surface area contributed by atoms with Gasteiger partial charge in [-0.05, 0) is 42.5 Å². The van der Waals surface area contributed by atoms with Gasteiger partial charge in [-0.3, -0.25) is 9.36 Å². The highest BCUT2D eigenvalue weighted by Crippen LogP contribution is 2.30. The fourth-order valence-corrected chi connectivity index (χ4v) is 3.81. The van der Waals surface area contributed by atoms with Gasteiger partial charge in [-0.15, -0.1) is 10.2 Å². The molecule has 0 atom stereocenters. The van der Waals surface area contributed by atoms with Gasteiger partial charge in [0.15, 0.2) is 16.7 Å². The van der Waals surface area contributed by atoms with Crippen LogP contribution in [0.2, 0.25) is 0 Å². The second-order valence-electron chi connectivity index (χ2n) is 6.23. The number of methoxy groups -OCH3 is 2. The van der Waals surface area contributed by atoms with E-state index in [1.807, 2.05) is 41.0 Å². The quantitative estimate of drug-likeness (QED) is 0.306. The Labute approximate surface area is 177 Å². The summed E-state index contributed by atoms with van der Waals surface area (Å²) in [6.45, 7) is 0. The Balaban J connectivity index is 1.64. The van der Waals surface area contributed by atoms with Gasteiger partial charge >= 0.3 is 0 Å². The van der Waals surface area contributed by atoms with Gasteiger partial charge in [0.25, 0.3) is 0 Å². The number of carbonyl (C=O) groups excluding carboxylic acids is 1. The maximum Gasteiger partial charge on any atom is 0.205 e. The molecule has 0 bridgehead atoms. The van der Waals surface area contributed by atoms with Crippen LogP contribution in [-0.2, 0) is 0 Å². The molecule has 4 rings (SSSR count). The number of furan rings is 1. The van der Waals surface area contributed by atoms with E-state index in [4.69, 9.17) is 13.9 Å².